The summed E-state index contributed by atoms with van der Waals surface area (Å²) >= 11 is 6.69. The van der Waals surface area contributed by atoms with Gasteiger partial charge in [0.2, 0.25) is 17.6 Å². The van der Waals surface area contributed by atoms with Crippen molar-refractivity contribution in [1.29, 1.82) is 0 Å². The molecule has 1 saturated carbocycles. The minimum atomic E-state index is -0.816. The number of hydrogen-bond donors (Lipinski definition) is 2. The number of para-hydroxylation sites is 1. The summed E-state index contributed by atoms with van der Waals surface area (Å²) in [6.45, 7) is 3.42. The third-order valence-electron chi connectivity index (χ3n) is 5.85. The average molecular weight is 454 g/mol. The molecule has 1 fully saturated rings. The van der Waals surface area contributed by atoms with Gasteiger partial charge in [-0.2, -0.15) is 4.98 Å². The lowest BCUT2D eigenvalue weighted by Crippen LogP contribution is -2.43. The highest BCUT2D eigenvalue weighted by molar-refractivity contribution is 6.38. The zero-order chi connectivity index (χ0) is 22.6. The van der Waals surface area contributed by atoms with Crippen molar-refractivity contribution in [2.45, 2.75) is 38.3 Å². The monoisotopic (exact) mass is 453 g/mol. The molecule has 0 saturated heterocycles. The molecular formula is C23H21ClFN5O2. The summed E-state index contributed by atoms with van der Waals surface area (Å²) in [6.07, 6.45) is 1.29. The third-order valence-corrected chi connectivity index (χ3v) is 6.23. The maximum atomic E-state index is 15.2. The first-order valence-corrected chi connectivity index (χ1v) is 10.7. The van der Waals surface area contributed by atoms with Gasteiger partial charge in [-0.15, -0.1) is 0 Å². The van der Waals surface area contributed by atoms with Gasteiger partial charge in [-0.3, -0.25) is 4.79 Å². The number of hydrogen-bond acceptors (Lipinski definition) is 5. The highest BCUT2D eigenvalue weighted by Gasteiger charge is 2.46. The van der Waals surface area contributed by atoms with Gasteiger partial charge in [0.05, 0.1) is 22.1 Å². The van der Waals surface area contributed by atoms with Crippen molar-refractivity contribution in [3.8, 4) is 17.2 Å². The molecule has 1 amide bonds. The second kappa shape index (κ2) is 7.43. The molecule has 0 radical (unpaired) electrons. The number of carbonyl (C=O) groups excluding carboxylic acids is 1. The van der Waals surface area contributed by atoms with Crippen molar-refractivity contribution in [2.75, 3.05) is 0 Å². The number of nitrogens with two attached hydrogens (primary N) is 1. The van der Waals surface area contributed by atoms with Gasteiger partial charge >= 0.3 is 0 Å². The Morgan fingerprint density at radius 1 is 1.31 bits per heavy atom. The van der Waals surface area contributed by atoms with Crippen LogP contribution in [0.4, 0.5) is 4.39 Å². The van der Waals surface area contributed by atoms with Crippen LogP contribution >= 0.6 is 11.6 Å². The number of nitrogens with zero attached hydrogens (tertiary/aromatic N) is 3. The summed E-state index contributed by atoms with van der Waals surface area (Å²) in [5, 5.41) is 8.06. The molecular weight excluding hydrogens is 433 g/mol. The summed E-state index contributed by atoms with van der Waals surface area (Å²) < 4.78 is 22.2. The minimum Gasteiger partial charge on any atom is -0.348 e. The second-order valence-electron chi connectivity index (χ2n) is 8.21. The smallest absolute Gasteiger partial charge is 0.240 e. The molecule has 0 unspecified atom stereocenters. The summed E-state index contributed by atoms with van der Waals surface area (Å²) in [5.41, 5.74) is 7.33. The molecule has 7 nitrogen and oxygen atoms in total. The Bertz CT molecular complexity index is 1360. The van der Waals surface area contributed by atoms with Crippen molar-refractivity contribution < 1.29 is 13.7 Å². The Morgan fingerprint density at radius 3 is 2.72 bits per heavy atom. The average Bonchev–Trinajstić information content (AvgIpc) is 3.27. The predicted octanol–water partition coefficient (Wildman–Crippen LogP) is 4.45. The SMILES string of the molecule is Cc1nc(-c2c(Cl)c3ccccc3n2-c2ccc([C@@H](C)NC(=O)C3(N)CC3)c(F)c2)no1. The first-order valence-electron chi connectivity index (χ1n) is 10.3. The molecule has 2 aromatic heterocycles. The second-order valence-corrected chi connectivity index (χ2v) is 8.59. The summed E-state index contributed by atoms with van der Waals surface area (Å²) in [6, 6.07) is 11.8. The van der Waals surface area contributed by atoms with Gasteiger partial charge in [0.25, 0.3) is 0 Å². The Balaban J connectivity index is 1.59. The van der Waals surface area contributed by atoms with Crippen LogP contribution in [0.5, 0.6) is 0 Å². The van der Waals surface area contributed by atoms with Crippen molar-refractivity contribution in [2.24, 2.45) is 5.73 Å². The van der Waals surface area contributed by atoms with Crippen LogP contribution in [0.3, 0.4) is 0 Å². The zero-order valence-corrected chi connectivity index (χ0v) is 18.3. The Kier molecular flexibility index (Phi) is 4.79. The molecule has 1 aliphatic rings. The summed E-state index contributed by atoms with van der Waals surface area (Å²) in [5.74, 6) is -0.00784. The maximum Gasteiger partial charge on any atom is 0.240 e. The molecule has 0 bridgehead atoms. The minimum absolute atomic E-state index is 0.258. The molecule has 9 heteroatoms. The van der Waals surface area contributed by atoms with Gasteiger partial charge in [-0.25, -0.2) is 4.39 Å². The van der Waals surface area contributed by atoms with E-state index in [2.05, 4.69) is 15.5 Å². The van der Waals surface area contributed by atoms with Gasteiger partial charge in [0, 0.05) is 23.6 Å². The number of aromatic nitrogens is 3. The van der Waals surface area contributed by atoms with Crippen LogP contribution in [0.1, 0.15) is 37.3 Å². The molecule has 2 heterocycles. The van der Waals surface area contributed by atoms with E-state index >= 15 is 4.39 Å². The molecule has 32 heavy (non-hydrogen) atoms. The highest BCUT2D eigenvalue weighted by Crippen LogP contribution is 2.39. The molecule has 3 N–H and O–H groups in total. The fourth-order valence-electron chi connectivity index (χ4n) is 3.85. The molecule has 0 spiro atoms. The van der Waals surface area contributed by atoms with E-state index in [4.69, 9.17) is 21.9 Å². The van der Waals surface area contributed by atoms with E-state index in [1.165, 1.54) is 6.07 Å². The van der Waals surface area contributed by atoms with Crippen LogP contribution < -0.4 is 11.1 Å². The zero-order valence-electron chi connectivity index (χ0n) is 17.5. The molecule has 5 rings (SSSR count). The van der Waals surface area contributed by atoms with Crippen molar-refractivity contribution in [1.82, 2.24) is 20.0 Å². The lowest BCUT2D eigenvalue weighted by Gasteiger charge is -2.19. The Hall–Kier alpha value is -3.23. The van der Waals surface area contributed by atoms with E-state index in [9.17, 15) is 4.79 Å². The van der Waals surface area contributed by atoms with Crippen molar-refractivity contribution >= 4 is 28.4 Å². The van der Waals surface area contributed by atoms with Crippen LogP contribution in [0.2, 0.25) is 5.02 Å². The molecule has 2 aromatic carbocycles. The van der Waals surface area contributed by atoms with Gasteiger partial charge in [-0.1, -0.05) is 41.0 Å². The molecule has 164 valence electrons. The Labute approximate surface area is 188 Å². The Morgan fingerprint density at radius 2 is 2.06 bits per heavy atom. The maximum absolute atomic E-state index is 15.2. The number of halogens is 2. The normalized spacial score (nSPS) is 15.7. The fraction of sp³-hybridized carbons (Fsp3) is 0.261. The molecule has 0 aliphatic heterocycles. The van der Waals surface area contributed by atoms with E-state index in [-0.39, 0.29) is 5.91 Å². The van der Waals surface area contributed by atoms with E-state index in [1.807, 2.05) is 24.3 Å². The number of amides is 1. The fourth-order valence-corrected chi connectivity index (χ4v) is 4.18. The van der Waals surface area contributed by atoms with Gasteiger partial charge in [0.15, 0.2) is 0 Å². The molecule has 4 aromatic rings. The first-order chi connectivity index (χ1) is 15.3. The topological polar surface area (TPSA) is 99.0 Å². The largest absolute Gasteiger partial charge is 0.348 e. The van der Waals surface area contributed by atoms with Crippen LogP contribution in [0.15, 0.2) is 47.0 Å². The van der Waals surface area contributed by atoms with Crippen LogP contribution in [-0.2, 0) is 4.79 Å². The lowest BCUT2D eigenvalue weighted by atomic mass is 10.1. The number of benzene rings is 2. The van der Waals surface area contributed by atoms with Gasteiger partial charge < -0.3 is 20.1 Å². The third kappa shape index (κ3) is 3.36. The highest BCUT2D eigenvalue weighted by atomic mass is 35.5. The van der Waals surface area contributed by atoms with Gasteiger partial charge in [-0.05, 0) is 38.0 Å². The van der Waals surface area contributed by atoms with E-state index < -0.39 is 17.4 Å². The number of carbonyl (C=O) groups is 1. The number of rotatable bonds is 5. The van der Waals surface area contributed by atoms with Gasteiger partial charge in [0.1, 0.15) is 11.5 Å². The number of aryl methyl sites for hydroxylation is 1. The van der Waals surface area contributed by atoms with Crippen LogP contribution in [0.25, 0.3) is 28.1 Å². The predicted molar refractivity (Wildman–Crippen MR) is 119 cm³/mol. The lowest BCUT2D eigenvalue weighted by molar-refractivity contribution is -0.123. The molecule has 1 atom stereocenters. The number of nitrogens with one attached hydrogen (secondary N) is 1. The summed E-state index contributed by atoms with van der Waals surface area (Å²) in [4.78, 5) is 16.6. The van der Waals surface area contributed by atoms with Crippen molar-refractivity contribution in [3.63, 3.8) is 0 Å². The van der Waals surface area contributed by atoms with Crippen molar-refractivity contribution in [3.05, 3.63) is 64.8 Å². The van der Waals surface area contributed by atoms with E-state index in [1.54, 1.807) is 30.5 Å². The molecule has 1 aliphatic carbocycles. The first kappa shape index (κ1) is 20.7. The summed E-state index contributed by atoms with van der Waals surface area (Å²) in [7, 11) is 0. The van der Waals surface area contributed by atoms with Crippen LogP contribution in [0, 0.1) is 12.7 Å². The van der Waals surface area contributed by atoms with E-state index in [0.717, 1.165) is 10.9 Å². The standard InChI is InChI=1S/C23H21ClFN5O2/c1-12(27-22(31)23(26)9-10-23)15-8-7-14(11-17(15)25)30-18-6-4-3-5-16(18)19(24)20(30)21-28-13(2)32-29-21/h3-8,11-12H,9-10,26H2,1-2H3,(H,27,31)/t12-/m1/s1. The van der Waals surface area contributed by atoms with Crippen LogP contribution in [-0.4, -0.2) is 26.2 Å². The van der Waals surface area contributed by atoms with E-state index in [0.29, 0.717) is 46.5 Å². The number of fused-ring (bicyclic) bond motifs is 1. The quantitative estimate of drug-likeness (QED) is 0.465.